The number of ether oxygens (including phenoxy) is 1. The lowest BCUT2D eigenvalue weighted by Crippen LogP contribution is -2.52. The standard InChI is InChI=1S/C45H43ClFN5O4.ClH/c1-48-17-15-30-23-33(10-13-40(30)48)52(34-11-14-43(53)39(47)25-34)45(55)38-26-42(50-16-5-4-8-41(38)50)37-24-32(46)9-12-36(37)44(54)51-27-31-7-3-2-6-29(31)22-35(51)28-49-18-20-56-21-19-49;/h2-3,6-7,9-15,17,23-26,35,53H,4-5,8,16,18-22,27-28H2,1H3;1H/t35-;/m0./s1. The minimum atomic E-state index is -0.824. The molecule has 9 nitrogen and oxygen atoms in total. The largest absolute Gasteiger partial charge is 0.505 e. The Balaban J connectivity index is 0.00000455. The maximum absolute atomic E-state index is 15.1. The number of phenols is 1. The first-order valence-electron chi connectivity index (χ1n) is 19.3. The van der Waals surface area contributed by atoms with E-state index in [1.54, 1.807) is 12.1 Å². The molecule has 0 radical (unpaired) electrons. The van der Waals surface area contributed by atoms with Gasteiger partial charge in [0.15, 0.2) is 11.6 Å². The summed E-state index contributed by atoms with van der Waals surface area (Å²) in [6.07, 6.45) is 5.17. The van der Waals surface area contributed by atoms with Gasteiger partial charge >= 0.3 is 0 Å². The van der Waals surface area contributed by atoms with Gasteiger partial charge in [-0.2, -0.15) is 0 Å². The molecule has 57 heavy (non-hydrogen) atoms. The van der Waals surface area contributed by atoms with Crippen LogP contribution in [0.3, 0.4) is 0 Å². The fraction of sp³-hybridized carbons (Fsp3) is 0.289. The molecular weight excluding hydrogens is 764 g/mol. The fourth-order valence-electron chi connectivity index (χ4n) is 8.77. The highest BCUT2D eigenvalue weighted by Crippen LogP contribution is 2.39. The van der Waals surface area contributed by atoms with E-state index in [4.69, 9.17) is 16.3 Å². The number of aromatic nitrogens is 2. The van der Waals surface area contributed by atoms with Crippen LogP contribution in [0.4, 0.5) is 15.8 Å². The number of rotatable bonds is 7. The van der Waals surface area contributed by atoms with Crippen LogP contribution >= 0.6 is 24.0 Å². The monoisotopic (exact) mass is 807 g/mol. The molecule has 12 heteroatoms. The third-order valence-electron chi connectivity index (χ3n) is 11.7. The van der Waals surface area contributed by atoms with Crippen LogP contribution in [0.5, 0.6) is 5.75 Å². The molecule has 0 spiro atoms. The smallest absolute Gasteiger partial charge is 0.264 e. The molecule has 1 fully saturated rings. The normalized spacial score (nSPS) is 16.8. The van der Waals surface area contributed by atoms with Crippen LogP contribution in [0, 0.1) is 5.82 Å². The average Bonchev–Trinajstić information content (AvgIpc) is 3.79. The highest BCUT2D eigenvalue weighted by molar-refractivity contribution is 6.31. The summed E-state index contributed by atoms with van der Waals surface area (Å²) >= 11 is 6.74. The van der Waals surface area contributed by atoms with E-state index in [-0.39, 0.29) is 36.0 Å². The number of carbonyl (C=O) groups is 2. The second-order valence-electron chi connectivity index (χ2n) is 15.1. The van der Waals surface area contributed by atoms with Gasteiger partial charge in [0.05, 0.1) is 24.5 Å². The summed E-state index contributed by atoms with van der Waals surface area (Å²) in [6, 6.07) is 27.3. The lowest BCUT2D eigenvalue weighted by molar-refractivity contribution is 0.0193. The SMILES string of the molecule is Cl.Cn1ccc2cc(N(C(=O)c3cc(-c4cc(Cl)ccc4C(=O)N4Cc5ccccc5C[C@H]4CN4CCOCC4)n4c3CCCC4)c3ccc(O)c(F)c3)ccc21. The number of fused-ring (bicyclic) bond motifs is 3. The van der Waals surface area contributed by atoms with Gasteiger partial charge in [-0.15, -0.1) is 12.4 Å². The Hall–Kier alpha value is -5.13. The van der Waals surface area contributed by atoms with Crippen LogP contribution in [-0.4, -0.2) is 74.7 Å². The van der Waals surface area contributed by atoms with Crippen LogP contribution in [0.15, 0.2) is 97.2 Å². The number of carbonyl (C=O) groups excluding carboxylic acids is 2. The number of hydrogen-bond donors (Lipinski definition) is 1. The van der Waals surface area contributed by atoms with Gasteiger partial charge < -0.3 is 23.9 Å². The minimum Gasteiger partial charge on any atom is -0.505 e. The second-order valence-corrected chi connectivity index (χ2v) is 15.5. The van der Waals surface area contributed by atoms with Crippen LogP contribution in [0.25, 0.3) is 22.2 Å². The van der Waals surface area contributed by atoms with Crippen molar-refractivity contribution in [3.63, 3.8) is 0 Å². The van der Waals surface area contributed by atoms with Crippen molar-refractivity contribution < 1.29 is 23.8 Å². The zero-order valence-corrected chi connectivity index (χ0v) is 33.2. The predicted molar refractivity (Wildman–Crippen MR) is 224 cm³/mol. The molecule has 2 amide bonds. The average molecular weight is 809 g/mol. The molecule has 2 aromatic heterocycles. The molecule has 1 N–H and O–H groups in total. The zero-order chi connectivity index (χ0) is 38.5. The van der Waals surface area contributed by atoms with E-state index >= 15 is 9.59 Å². The number of benzene rings is 4. The van der Waals surface area contributed by atoms with E-state index < -0.39 is 11.6 Å². The van der Waals surface area contributed by atoms with E-state index in [9.17, 15) is 9.50 Å². The van der Waals surface area contributed by atoms with E-state index in [0.717, 1.165) is 66.8 Å². The van der Waals surface area contributed by atoms with Gasteiger partial charge in [-0.3, -0.25) is 19.4 Å². The van der Waals surface area contributed by atoms with Gasteiger partial charge in [0.25, 0.3) is 11.8 Å². The van der Waals surface area contributed by atoms with Crippen molar-refractivity contribution in [1.29, 1.82) is 0 Å². The fourth-order valence-corrected chi connectivity index (χ4v) is 8.94. The molecule has 1 saturated heterocycles. The molecule has 0 saturated carbocycles. The summed E-state index contributed by atoms with van der Waals surface area (Å²) in [6.45, 7) is 4.91. The molecule has 0 bridgehead atoms. The molecule has 0 unspecified atom stereocenters. The summed E-state index contributed by atoms with van der Waals surface area (Å²) < 4.78 is 24.8. The number of aryl methyl sites for hydroxylation is 1. The molecule has 1 atom stereocenters. The third kappa shape index (κ3) is 7.32. The van der Waals surface area contributed by atoms with Gasteiger partial charge in [-0.05, 0) is 97.5 Å². The third-order valence-corrected chi connectivity index (χ3v) is 11.9. The Kier molecular flexibility index (Phi) is 10.9. The van der Waals surface area contributed by atoms with Gasteiger partial charge in [0, 0.05) is 102 Å². The van der Waals surface area contributed by atoms with Crippen molar-refractivity contribution in [2.75, 3.05) is 37.7 Å². The summed E-state index contributed by atoms with van der Waals surface area (Å²) in [5, 5.41) is 11.5. The van der Waals surface area contributed by atoms with Crippen LogP contribution in [-0.2, 0) is 37.7 Å². The van der Waals surface area contributed by atoms with Crippen molar-refractivity contribution in [3.8, 4) is 17.0 Å². The number of halogens is 3. The number of nitrogens with zero attached hydrogens (tertiary/aromatic N) is 5. The second kappa shape index (κ2) is 16.0. The number of morpholine rings is 1. The highest BCUT2D eigenvalue weighted by atomic mass is 35.5. The highest BCUT2D eigenvalue weighted by Gasteiger charge is 2.35. The van der Waals surface area contributed by atoms with Crippen LogP contribution in [0.2, 0.25) is 5.02 Å². The van der Waals surface area contributed by atoms with Crippen LogP contribution in [0.1, 0.15) is 50.4 Å². The zero-order valence-electron chi connectivity index (χ0n) is 31.7. The summed E-state index contributed by atoms with van der Waals surface area (Å²) in [7, 11) is 1.96. The molecule has 294 valence electrons. The van der Waals surface area contributed by atoms with Gasteiger partial charge in [-0.25, -0.2) is 4.39 Å². The Morgan fingerprint density at radius 2 is 1.67 bits per heavy atom. The van der Waals surface area contributed by atoms with E-state index in [0.29, 0.717) is 60.1 Å². The van der Waals surface area contributed by atoms with Crippen LogP contribution < -0.4 is 4.90 Å². The molecular formula is C45H44Cl2FN5O4. The van der Waals surface area contributed by atoms with Crippen molar-refractivity contribution in [2.24, 2.45) is 7.05 Å². The molecule has 5 heterocycles. The van der Waals surface area contributed by atoms with E-state index in [2.05, 4.69) is 27.7 Å². The van der Waals surface area contributed by atoms with E-state index in [1.807, 2.05) is 71.2 Å². The van der Waals surface area contributed by atoms with Crippen molar-refractivity contribution in [2.45, 2.75) is 44.8 Å². The molecule has 9 rings (SSSR count). The Labute approximate surface area is 342 Å². The number of anilines is 2. The quantitative estimate of drug-likeness (QED) is 0.175. The maximum Gasteiger partial charge on any atom is 0.264 e. The predicted octanol–water partition coefficient (Wildman–Crippen LogP) is 8.78. The Morgan fingerprint density at radius 1 is 0.895 bits per heavy atom. The molecule has 0 aliphatic carbocycles. The molecule has 3 aliphatic heterocycles. The number of amides is 2. The topological polar surface area (TPSA) is 83.2 Å². The van der Waals surface area contributed by atoms with Crippen molar-refractivity contribution in [3.05, 3.63) is 136 Å². The van der Waals surface area contributed by atoms with Gasteiger partial charge in [-0.1, -0.05) is 35.9 Å². The van der Waals surface area contributed by atoms with Gasteiger partial charge in [0.1, 0.15) is 0 Å². The lowest BCUT2D eigenvalue weighted by atomic mass is 9.92. The lowest BCUT2D eigenvalue weighted by Gasteiger charge is -2.40. The first kappa shape index (κ1) is 38.7. The van der Waals surface area contributed by atoms with E-state index in [1.165, 1.54) is 22.6 Å². The first-order valence-corrected chi connectivity index (χ1v) is 19.7. The maximum atomic E-state index is 15.1. The summed E-state index contributed by atoms with van der Waals surface area (Å²) in [4.78, 5) is 36.0. The number of phenolic OH excluding ortho intramolecular Hbond substituents is 1. The summed E-state index contributed by atoms with van der Waals surface area (Å²) in [5.41, 5.74) is 7.50. The Bertz CT molecular complexity index is 2490. The first-order chi connectivity index (χ1) is 27.2. The minimum absolute atomic E-state index is 0. The van der Waals surface area contributed by atoms with Crippen molar-refractivity contribution >= 4 is 58.1 Å². The summed E-state index contributed by atoms with van der Waals surface area (Å²) in [5.74, 6) is -1.74. The number of aromatic hydroxyl groups is 1. The molecule has 3 aliphatic rings. The molecule has 6 aromatic rings. The number of hydrogen-bond acceptors (Lipinski definition) is 5. The van der Waals surface area contributed by atoms with Crippen molar-refractivity contribution in [1.82, 2.24) is 18.9 Å². The molecule has 4 aromatic carbocycles. The van der Waals surface area contributed by atoms with Gasteiger partial charge in [0.2, 0.25) is 0 Å². The Morgan fingerprint density at radius 3 is 2.47 bits per heavy atom.